The Hall–Kier alpha value is -0.730. The summed E-state index contributed by atoms with van der Waals surface area (Å²) in [6, 6.07) is 0. The molecule has 2 aliphatic rings. The van der Waals surface area contributed by atoms with E-state index in [0.29, 0.717) is 0 Å². The number of carboxylic acid groups (broad SMARTS) is 1. The third-order valence-electron chi connectivity index (χ3n) is 3.72. The van der Waals surface area contributed by atoms with Crippen molar-refractivity contribution in [1.82, 2.24) is 0 Å². The lowest BCUT2D eigenvalue weighted by Crippen LogP contribution is -2.37. The van der Waals surface area contributed by atoms with E-state index in [9.17, 15) is 4.79 Å². The van der Waals surface area contributed by atoms with Gasteiger partial charge < -0.3 is 9.84 Å². The van der Waals surface area contributed by atoms with E-state index in [0.717, 1.165) is 24.7 Å². The zero-order chi connectivity index (χ0) is 9.97. The van der Waals surface area contributed by atoms with Crippen molar-refractivity contribution in [1.29, 1.82) is 0 Å². The first-order valence-corrected chi connectivity index (χ1v) is 5.65. The monoisotopic (exact) mass is 198 g/mol. The molecule has 0 unspecified atom stereocenters. The lowest BCUT2D eigenvalue weighted by Gasteiger charge is -2.40. The molecule has 0 aromatic heterocycles. The van der Waals surface area contributed by atoms with Crippen LogP contribution in [0.4, 0.5) is 4.79 Å². The van der Waals surface area contributed by atoms with Crippen molar-refractivity contribution in [3.63, 3.8) is 0 Å². The second-order valence-electron chi connectivity index (χ2n) is 4.64. The van der Waals surface area contributed by atoms with Gasteiger partial charge >= 0.3 is 6.16 Å². The Balaban J connectivity index is 1.68. The Bertz CT molecular complexity index is 203. The van der Waals surface area contributed by atoms with Gasteiger partial charge in [-0.25, -0.2) is 4.79 Å². The van der Waals surface area contributed by atoms with Gasteiger partial charge in [-0.05, 0) is 24.7 Å². The highest BCUT2D eigenvalue weighted by Gasteiger charge is 2.37. The molecule has 2 rings (SSSR count). The third kappa shape index (κ3) is 2.20. The van der Waals surface area contributed by atoms with Crippen molar-refractivity contribution >= 4 is 6.16 Å². The normalized spacial score (nSPS) is 33.4. The summed E-state index contributed by atoms with van der Waals surface area (Å²) in [4.78, 5) is 10.3. The predicted molar refractivity (Wildman–Crippen MR) is 52.2 cm³/mol. The minimum atomic E-state index is -1.11. The summed E-state index contributed by atoms with van der Waals surface area (Å²) in [6.45, 7) is 0. The zero-order valence-corrected chi connectivity index (χ0v) is 8.45. The molecule has 0 atom stereocenters. The van der Waals surface area contributed by atoms with Gasteiger partial charge in [0.15, 0.2) is 0 Å². The van der Waals surface area contributed by atoms with Crippen molar-refractivity contribution in [2.24, 2.45) is 11.8 Å². The molecule has 0 spiro atoms. The van der Waals surface area contributed by atoms with Gasteiger partial charge in [0, 0.05) is 0 Å². The van der Waals surface area contributed by atoms with E-state index in [-0.39, 0.29) is 6.10 Å². The van der Waals surface area contributed by atoms with Gasteiger partial charge in [0.05, 0.1) is 0 Å². The minimum Gasteiger partial charge on any atom is -0.450 e. The lowest BCUT2D eigenvalue weighted by molar-refractivity contribution is -0.0307. The van der Waals surface area contributed by atoms with Crippen LogP contribution in [-0.4, -0.2) is 17.4 Å². The third-order valence-corrected chi connectivity index (χ3v) is 3.72. The summed E-state index contributed by atoms with van der Waals surface area (Å²) in [5.74, 6) is 1.61. The quantitative estimate of drug-likeness (QED) is 0.694. The Morgan fingerprint density at radius 2 is 1.71 bits per heavy atom. The van der Waals surface area contributed by atoms with Crippen LogP contribution in [0.5, 0.6) is 0 Å². The Morgan fingerprint density at radius 3 is 2.29 bits per heavy atom. The van der Waals surface area contributed by atoms with Crippen molar-refractivity contribution in [3.8, 4) is 0 Å². The molecule has 2 fully saturated rings. The predicted octanol–water partition coefficient (Wildman–Crippen LogP) is 3.04. The molecule has 0 saturated heterocycles. The molecule has 80 valence electrons. The molecule has 0 aliphatic heterocycles. The highest BCUT2D eigenvalue weighted by Crippen LogP contribution is 2.42. The summed E-state index contributed by atoms with van der Waals surface area (Å²) in [7, 11) is 0. The van der Waals surface area contributed by atoms with Crippen LogP contribution < -0.4 is 0 Å². The fraction of sp³-hybridized carbons (Fsp3) is 0.909. The van der Waals surface area contributed by atoms with Crippen LogP contribution in [0.2, 0.25) is 0 Å². The molecule has 2 aliphatic carbocycles. The van der Waals surface area contributed by atoms with Crippen LogP contribution in [0, 0.1) is 11.8 Å². The molecule has 0 bridgehead atoms. The van der Waals surface area contributed by atoms with E-state index < -0.39 is 6.16 Å². The first-order valence-electron chi connectivity index (χ1n) is 5.65. The Kier molecular flexibility index (Phi) is 2.94. The summed E-state index contributed by atoms with van der Waals surface area (Å²) < 4.78 is 4.72. The molecule has 3 nitrogen and oxygen atoms in total. The van der Waals surface area contributed by atoms with Crippen molar-refractivity contribution in [2.45, 2.75) is 51.0 Å². The maximum Gasteiger partial charge on any atom is 0.506 e. The highest BCUT2D eigenvalue weighted by molar-refractivity contribution is 5.57. The second-order valence-corrected chi connectivity index (χ2v) is 4.64. The molecule has 0 radical (unpaired) electrons. The maximum absolute atomic E-state index is 10.3. The molecule has 14 heavy (non-hydrogen) atoms. The molecular weight excluding hydrogens is 180 g/mol. The van der Waals surface area contributed by atoms with Crippen LogP contribution in [0.1, 0.15) is 44.9 Å². The fourth-order valence-corrected chi connectivity index (χ4v) is 2.84. The average Bonchev–Trinajstić information content (AvgIpc) is 2.12. The largest absolute Gasteiger partial charge is 0.506 e. The zero-order valence-electron chi connectivity index (χ0n) is 8.45. The van der Waals surface area contributed by atoms with Crippen molar-refractivity contribution in [2.75, 3.05) is 0 Å². The van der Waals surface area contributed by atoms with Gasteiger partial charge in [-0.15, -0.1) is 0 Å². The molecule has 0 aromatic rings. The standard InChI is InChI=1S/C11H18O3/c12-11(13)14-10-6-9(7-10)8-4-2-1-3-5-8/h8-10H,1-7H2,(H,12,13). The van der Waals surface area contributed by atoms with Gasteiger partial charge in [0.1, 0.15) is 6.10 Å². The van der Waals surface area contributed by atoms with Crippen LogP contribution in [0.15, 0.2) is 0 Å². The fourth-order valence-electron chi connectivity index (χ4n) is 2.84. The number of hydrogen-bond donors (Lipinski definition) is 1. The minimum absolute atomic E-state index is 0.000531. The van der Waals surface area contributed by atoms with Crippen LogP contribution >= 0.6 is 0 Å². The Labute approximate surface area is 84.4 Å². The Morgan fingerprint density at radius 1 is 1.07 bits per heavy atom. The summed E-state index contributed by atoms with van der Waals surface area (Å²) in [6.07, 6.45) is 7.65. The summed E-state index contributed by atoms with van der Waals surface area (Å²) in [5, 5.41) is 8.42. The first-order chi connectivity index (χ1) is 6.75. The summed E-state index contributed by atoms with van der Waals surface area (Å²) in [5.41, 5.74) is 0. The first kappa shape index (κ1) is 9.81. The lowest BCUT2D eigenvalue weighted by atomic mass is 9.68. The number of carbonyl (C=O) groups is 1. The van der Waals surface area contributed by atoms with E-state index in [1.54, 1.807) is 0 Å². The SMILES string of the molecule is O=C(O)OC1CC(C2CCCCC2)C1. The number of rotatable bonds is 2. The van der Waals surface area contributed by atoms with Crippen molar-refractivity contribution < 1.29 is 14.6 Å². The topological polar surface area (TPSA) is 46.5 Å². The van der Waals surface area contributed by atoms with E-state index in [1.807, 2.05) is 0 Å². The summed E-state index contributed by atoms with van der Waals surface area (Å²) >= 11 is 0. The maximum atomic E-state index is 10.3. The molecule has 0 amide bonds. The van der Waals surface area contributed by atoms with Gasteiger partial charge in [-0.1, -0.05) is 32.1 Å². The van der Waals surface area contributed by atoms with E-state index in [2.05, 4.69) is 0 Å². The number of ether oxygens (including phenoxy) is 1. The highest BCUT2D eigenvalue weighted by atomic mass is 16.7. The second kappa shape index (κ2) is 4.20. The molecule has 0 aromatic carbocycles. The van der Waals surface area contributed by atoms with Gasteiger partial charge in [-0.2, -0.15) is 0 Å². The van der Waals surface area contributed by atoms with Crippen molar-refractivity contribution in [3.05, 3.63) is 0 Å². The van der Waals surface area contributed by atoms with Gasteiger partial charge in [-0.3, -0.25) is 0 Å². The van der Waals surface area contributed by atoms with E-state index in [4.69, 9.17) is 9.84 Å². The average molecular weight is 198 g/mol. The van der Waals surface area contributed by atoms with E-state index >= 15 is 0 Å². The molecule has 2 saturated carbocycles. The smallest absolute Gasteiger partial charge is 0.450 e. The van der Waals surface area contributed by atoms with E-state index in [1.165, 1.54) is 32.1 Å². The number of hydrogen-bond acceptors (Lipinski definition) is 2. The molecule has 3 heteroatoms. The van der Waals surface area contributed by atoms with Gasteiger partial charge in [0.25, 0.3) is 0 Å². The molecular formula is C11H18O3. The van der Waals surface area contributed by atoms with Crippen LogP contribution in [-0.2, 0) is 4.74 Å². The van der Waals surface area contributed by atoms with Crippen LogP contribution in [0.25, 0.3) is 0 Å². The molecule has 1 N–H and O–H groups in total. The molecule has 0 heterocycles. The van der Waals surface area contributed by atoms with Crippen LogP contribution in [0.3, 0.4) is 0 Å². The van der Waals surface area contributed by atoms with Gasteiger partial charge in [0.2, 0.25) is 0 Å².